The minimum absolute atomic E-state index is 0.129. The van der Waals surface area contributed by atoms with Crippen LogP contribution in [0.4, 0.5) is 0 Å². The Labute approximate surface area is 99.0 Å². The Hall–Kier alpha value is -1.01. The monoisotopic (exact) mass is 243 g/mol. The molecule has 1 aromatic rings. The highest BCUT2D eigenvalue weighted by Gasteiger charge is 2.00. The Morgan fingerprint density at radius 3 is 3.06 bits per heavy atom. The first-order chi connectivity index (χ1) is 7.77. The maximum Gasteiger partial charge on any atom is 0.270 e. The Morgan fingerprint density at radius 1 is 1.62 bits per heavy atom. The average molecular weight is 243 g/mol. The van der Waals surface area contributed by atoms with Gasteiger partial charge in [0, 0.05) is 19.2 Å². The number of aryl methyl sites for hydroxylation is 1. The first kappa shape index (κ1) is 13.1. The van der Waals surface area contributed by atoms with Gasteiger partial charge in [0.2, 0.25) is 0 Å². The van der Waals surface area contributed by atoms with Crippen molar-refractivity contribution in [3.8, 4) is 5.75 Å². The van der Waals surface area contributed by atoms with Gasteiger partial charge in [-0.3, -0.25) is 4.79 Å². The molecule has 0 atom stereocenters. The second-order valence-electron chi connectivity index (χ2n) is 3.24. The number of hydrogen-bond acceptors (Lipinski definition) is 5. The van der Waals surface area contributed by atoms with Crippen molar-refractivity contribution in [1.82, 2.24) is 9.78 Å². The minimum atomic E-state index is -0.129. The zero-order chi connectivity index (χ0) is 11.8. The van der Waals surface area contributed by atoms with Crippen molar-refractivity contribution < 1.29 is 4.74 Å². The molecule has 1 rings (SSSR count). The number of ether oxygens (including phenoxy) is 1. The molecule has 0 spiro atoms. The molecule has 1 heterocycles. The van der Waals surface area contributed by atoms with Gasteiger partial charge in [-0.1, -0.05) is 0 Å². The molecular weight excluding hydrogens is 226 g/mol. The van der Waals surface area contributed by atoms with Crippen LogP contribution in [0.5, 0.6) is 5.75 Å². The molecule has 0 unspecified atom stereocenters. The average Bonchev–Trinajstić information content (AvgIpc) is 2.29. The Bertz CT molecular complexity index is 367. The molecule has 0 fully saturated rings. The highest BCUT2D eigenvalue weighted by molar-refractivity contribution is 7.98. The molecule has 6 heteroatoms. The molecule has 0 aromatic carbocycles. The lowest BCUT2D eigenvalue weighted by Crippen LogP contribution is -2.23. The molecule has 0 saturated carbocycles. The molecule has 2 N–H and O–H groups in total. The van der Waals surface area contributed by atoms with E-state index in [2.05, 4.69) is 5.10 Å². The summed E-state index contributed by atoms with van der Waals surface area (Å²) in [4.78, 5) is 11.6. The van der Waals surface area contributed by atoms with Crippen LogP contribution in [0.1, 0.15) is 6.42 Å². The lowest BCUT2D eigenvalue weighted by molar-refractivity contribution is 0.323. The van der Waals surface area contributed by atoms with Crippen LogP contribution in [0.2, 0.25) is 0 Å². The predicted octanol–water partition coefficient (Wildman–Crippen LogP) is 0.334. The number of thioether (sulfide) groups is 1. The molecule has 0 aliphatic rings. The SMILES string of the molecule is CSCCCn1ncc(OCCN)cc1=O. The van der Waals surface area contributed by atoms with E-state index in [0.29, 0.717) is 25.4 Å². The van der Waals surface area contributed by atoms with Crippen molar-refractivity contribution in [3.05, 3.63) is 22.6 Å². The summed E-state index contributed by atoms with van der Waals surface area (Å²) in [7, 11) is 0. The number of hydrogen-bond donors (Lipinski definition) is 1. The molecule has 90 valence electrons. The van der Waals surface area contributed by atoms with Crippen molar-refractivity contribution in [1.29, 1.82) is 0 Å². The van der Waals surface area contributed by atoms with E-state index in [1.165, 1.54) is 10.7 Å². The van der Waals surface area contributed by atoms with Gasteiger partial charge in [-0.15, -0.1) is 0 Å². The Kier molecular flexibility index (Phi) is 5.95. The van der Waals surface area contributed by atoms with Gasteiger partial charge < -0.3 is 10.5 Å². The normalized spacial score (nSPS) is 10.4. The van der Waals surface area contributed by atoms with E-state index < -0.39 is 0 Å². The number of nitrogens with two attached hydrogens (primary N) is 1. The van der Waals surface area contributed by atoms with Crippen LogP contribution in [0.25, 0.3) is 0 Å². The summed E-state index contributed by atoms with van der Waals surface area (Å²) in [5.74, 6) is 1.51. The van der Waals surface area contributed by atoms with E-state index in [1.54, 1.807) is 18.0 Å². The summed E-state index contributed by atoms with van der Waals surface area (Å²) >= 11 is 1.76. The van der Waals surface area contributed by atoms with Crippen molar-refractivity contribution in [3.63, 3.8) is 0 Å². The third kappa shape index (κ3) is 4.24. The van der Waals surface area contributed by atoms with E-state index >= 15 is 0 Å². The topological polar surface area (TPSA) is 70.1 Å². The zero-order valence-electron chi connectivity index (χ0n) is 9.39. The molecule has 0 saturated heterocycles. The second-order valence-corrected chi connectivity index (χ2v) is 4.22. The fourth-order valence-corrected chi connectivity index (χ4v) is 1.62. The molecule has 16 heavy (non-hydrogen) atoms. The molecular formula is C10H17N3O2S. The van der Waals surface area contributed by atoms with E-state index in [-0.39, 0.29) is 5.56 Å². The van der Waals surface area contributed by atoms with Crippen LogP contribution >= 0.6 is 11.8 Å². The Balaban J connectivity index is 2.57. The van der Waals surface area contributed by atoms with Gasteiger partial charge in [0.15, 0.2) is 0 Å². The van der Waals surface area contributed by atoms with Crippen molar-refractivity contribution in [2.45, 2.75) is 13.0 Å². The van der Waals surface area contributed by atoms with Crippen molar-refractivity contribution >= 4 is 11.8 Å². The summed E-state index contributed by atoms with van der Waals surface area (Å²) in [6.45, 7) is 1.48. The van der Waals surface area contributed by atoms with Gasteiger partial charge in [-0.05, 0) is 18.4 Å². The largest absolute Gasteiger partial charge is 0.490 e. The summed E-state index contributed by atoms with van der Waals surface area (Å²) in [6, 6.07) is 1.45. The fourth-order valence-electron chi connectivity index (χ4n) is 1.20. The van der Waals surface area contributed by atoms with Crippen LogP contribution in [-0.4, -0.2) is 34.9 Å². The third-order valence-corrected chi connectivity index (χ3v) is 2.65. The summed E-state index contributed by atoms with van der Waals surface area (Å²) < 4.78 is 6.66. The quantitative estimate of drug-likeness (QED) is 0.699. The van der Waals surface area contributed by atoms with Crippen LogP contribution in [-0.2, 0) is 6.54 Å². The number of rotatable bonds is 7. The highest BCUT2D eigenvalue weighted by Crippen LogP contribution is 2.03. The van der Waals surface area contributed by atoms with Crippen LogP contribution in [0, 0.1) is 0 Å². The lowest BCUT2D eigenvalue weighted by atomic mass is 10.4. The smallest absolute Gasteiger partial charge is 0.270 e. The lowest BCUT2D eigenvalue weighted by Gasteiger charge is -2.06. The first-order valence-corrected chi connectivity index (χ1v) is 6.56. The maximum absolute atomic E-state index is 11.6. The van der Waals surface area contributed by atoms with Crippen LogP contribution < -0.4 is 16.0 Å². The van der Waals surface area contributed by atoms with Gasteiger partial charge in [0.05, 0.1) is 6.20 Å². The van der Waals surface area contributed by atoms with E-state index in [9.17, 15) is 4.79 Å². The molecule has 5 nitrogen and oxygen atoms in total. The van der Waals surface area contributed by atoms with Gasteiger partial charge in [0.1, 0.15) is 12.4 Å². The van der Waals surface area contributed by atoms with E-state index in [0.717, 1.165) is 12.2 Å². The minimum Gasteiger partial charge on any atom is -0.490 e. The molecule has 0 radical (unpaired) electrons. The number of aromatic nitrogens is 2. The summed E-state index contributed by atoms with van der Waals surface area (Å²) in [5.41, 5.74) is 5.17. The van der Waals surface area contributed by atoms with Gasteiger partial charge >= 0.3 is 0 Å². The van der Waals surface area contributed by atoms with E-state index in [4.69, 9.17) is 10.5 Å². The fraction of sp³-hybridized carbons (Fsp3) is 0.600. The van der Waals surface area contributed by atoms with Gasteiger partial charge in [-0.2, -0.15) is 16.9 Å². The summed E-state index contributed by atoms with van der Waals surface area (Å²) in [5, 5.41) is 4.03. The first-order valence-electron chi connectivity index (χ1n) is 5.17. The Morgan fingerprint density at radius 2 is 2.44 bits per heavy atom. The second kappa shape index (κ2) is 7.29. The van der Waals surface area contributed by atoms with Crippen LogP contribution in [0.15, 0.2) is 17.1 Å². The van der Waals surface area contributed by atoms with Gasteiger partial charge in [-0.25, -0.2) is 4.68 Å². The third-order valence-electron chi connectivity index (χ3n) is 1.95. The standard InChI is InChI=1S/C10H17N3O2S/c1-16-6-2-4-13-10(14)7-9(8-12-13)15-5-3-11/h7-8H,2-6,11H2,1H3. The maximum atomic E-state index is 11.6. The molecule has 0 aliphatic carbocycles. The van der Waals surface area contributed by atoms with E-state index in [1.807, 2.05) is 6.26 Å². The molecule has 0 amide bonds. The molecule has 0 bridgehead atoms. The summed E-state index contributed by atoms with van der Waals surface area (Å²) in [6.07, 6.45) is 4.53. The molecule has 1 aromatic heterocycles. The molecule has 0 aliphatic heterocycles. The van der Waals surface area contributed by atoms with Gasteiger partial charge in [0.25, 0.3) is 5.56 Å². The highest BCUT2D eigenvalue weighted by atomic mass is 32.2. The van der Waals surface area contributed by atoms with Crippen molar-refractivity contribution in [2.75, 3.05) is 25.2 Å². The predicted molar refractivity (Wildman–Crippen MR) is 66.0 cm³/mol. The van der Waals surface area contributed by atoms with Crippen molar-refractivity contribution in [2.24, 2.45) is 5.73 Å². The van der Waals surface area contributed by atoms with Crippen LogP contribution in [0.3, 0.4) is 0 Å². The zero-order valence-corrected chi connectivity index (χ0v) is 10.2. The number of nitrogens with zero attached hydrogens (tertiary/aromatic N) is 2.